The van der Waals surface area contributed by atoms with E-state index < -0.39 is 81.9 Å². The molecule has 2 aromatic carbocycles. The van der Waals surface area contributed by atoms with Gasteiger partial charge in [-0.1, -0.05) is 6.07 Å². The Morgan fingerprint density at radius 3 is 2.18 bits per heavy atom. The fourth-order valence-corrected chi connectivity index (χ4v) is 6.66. The number of nitrogens with two attached hydrogens (primary N) is 1. The number of carbonyl (C=O) groups excluding carboxylic acids is 1. The first-order valence-corrected chi connectivity index (χ1v) is 18.7. The van der Waals surface area contributed by atoms with Crippen molar-refractivity contribution in [3.05, 3.63) is 69.2 Å². The van der Waals surface area contributed by atoms with E-state index in [0.717, 1.165) is 16.7 Å². The van der Waals surface area contributed by atoms with E-state index in [9.17, 15) is 44.5 Å². The van der Waals surface area contributed by atoms with Gasteiger partial charge in [0.1, 0.15) is 16.1 Å². The summed E-state index contributed by atoms with van der Waals surface area (Å²) in [6.07, 6.45) is 0. The van der Waals surface area contributed by atoms with Crippen LogP contribution in [0.4, 0.5) is 34.6 Å². The molecule has 0 bridgehead atoms. The van der Waals surface area contributed by atoms with E-state index in [-0.39, 0.29) is 45.6 Å². The van der Waals surface area contributed by atoms with E-state index in [1.165, 1.54) is 44.2 Å². The lowest BCUT2D eigenvalue weighted by molar-refractivity contribution is 0.0995. The molecule has 0 saturated heterocycles. The van der Waals surface area contributed by atoms with Crippen molar-refractivity contribution in [1.29, 1.82) is 0 Å². The zero-order valence-electron chi connectivity index (χ0n) is 26.0. The number of hydrogen-bond donors (Lipinski definition) is 6. The molecule has 2 heterocycles. The molecule has 4 rings (SSSR count). The van der Waals surface area contributed by atoms with Crippen molar-refractivity contribution in [2.75, 3.05) is 23.0 Å². The van der Waals surface area contributed by atoms with Crippen LogP contribution in [0.2, 0.25) is 5.28 Å². The molecule has 0 fully saturated rings. The molecule has 21 nitrogen and oxygen atoms in total. The van der Waals surface area contributed by atoms with Gasteiger partial charge in [-0.3, -0.25) is 23.3 Å². The van der Waals surface area contributed by atoms with Crippen LogP contribution in [0.3, 0.4) is 0 Å². The Morgan fingerprint density at radius 2 is 1.61 bits per heavy atom. The number of nitrogens with zero attached hydrogens (tertiary/aromatic N) is 6. The highest BCUT2D eigenvalue weighted by Crippen LogP contribution is 2.32. The van der Waals surface area contributed by atoms with E-state index >= 15 is 0 Å². The minimum atomic E-state index is -4.90. The summed E-state index contributed by atoms with van der Waals surface area (Å²) in [5, 5.41) is 23.1. The van der Waals surface area contributed by atoms with Gasteiger partial charge in [-0.25, -0.2) is 12.6 Å². The maximum atomic E-state index is 13.0. The van der Waals surface area contributed by atoms with Gasteiger partial charge < -0.3 is 21.5 Å². The fourth-order valence-electron chi connectivity index (χ4n) is 4.36. The Hall–Kier alpha value is -5.11. The van der Waals surface area contributed by atoms with Gasteiger partial charge in [0.05, 0.1) is 17.3 Å². The van der Waals surface area contributed by atoms with Crippen molar-refractivity contribution in [2.24, 2.45) is 16.0 Å². The highest BCUT2D eigenvalue weighted by molar-refractivity contribution is 7.91. The monoisotopic (exact) mass is 787 g/mol. The lowest BCUT2D eigenvalue weighted by atomic mass is 10.1. The molecular formula is C26H26ClN9O12S3. The number of halogens is 1. The average Bonchev–Trinajstić information content (AvgIpc) is 2.99. The van der Waals surface area contributed by atoms with Crippen LogP contribution < -0.4 is 21.9 Å². The van der Waals surface area contributed by atoms with Crippen LogP contribution in [0.15, 0.2) is 67.3 Å². The number of carbonyl (C=O) groups is 1. The normalized spacial score (nSPS) is 12.3. The lowest BCUT2D eigenvalue weighted by Crippen LogP contribution is -2.25. The molecule has 0 unspecified atom stereocenters. The van der Waals surface area contributed by atoms with Gasteiger partial charge in [-0.15, -0.1) is 10.2 Å². The first-order valence-electron chi connectivity index (χ1n) is 13.9. The minimum absolute atomic E-state index is 0.0518. The number of primary amides is 1. The Bertz CT molecular complexity index is 2460. The summed E-state index contributed by atoms with van der Waals surface area (Å²) in [5.41, 5.74) is 3.19. The summed E-state index contributed by atoms with van der Waals surface area (Å²) in [5.74, 6) is -2.96. The van der Waals surface area contributed by atoms with Gasteiger partial charge in [0.25, 0.3) is 21.6 Å². The number of rotatable bonds is 14. The van der Waals surface area contributed by atoms with Gasteiger partial charge in [-0.05, 0) is 61.8 Å². The largest absolute Gasteiger partial charge is 0.494 e. The van der Waals surface area contributed by atoms with E-state index in [1.807, 2.05) is 0 Å². The van der Waals surface area contributed by atoms with Crippen LogP contribution in [0.25, 0.3) is 0 Å². The summed E-state index contributed by atoms with van der Waals surface area (Å²) < 4.78 is 94.3. The standard InChI is InChI=1S/C26H26ClN9O12S3/c1-3-36-22(38)19(21(28)37)13(2)20(23(36)39)35-34-17-12-15(7-8-18(17)50(42,43)44)30-26-32-24(27)31-25(33-26)29-14-5-4-6-16(11-14)49(40,41)10-9-48-51(45,46)47/h4-8,11-12,38H,3,9-10H2,1-2H3,(H2,28,37)(H,42,43,44)(H,45,46,47)(H2,29,30,31,32,33). The molecule has 0 radical (unpaired) electrons. The van der Waals surface area contributed by atoms with Gasteiger partial charge in [0.15, 0.2) is 15.5 Å². The van der Waals surface area contributed by atoms with Crippen molar-refractivity contribution < 1.29 is 48.4 Å². The van der Waals surface area contributed by atoms with Crippen LogP contribution in [-0.2, 0) is 41.1 Å². The van der Waals surface area contributed by atoms with Crippen LogP contribution >= 0.6 is 11.6 Å². The predicted molar refractivity (Wildman–Crippen MR) is 179 cm³/mol. The molecule has 272 valence electrons. The molecule has 0 aliphatic carbocycles. The highest BCUT2D eigenvalue weighted by Gasteiger charge is 2.23. The number of azo groups is 1. The number of nitrogens with one attached hydrogen (secondary N) is 2. The van der Waals surface area contributed by atoms with Crippen LogP contribution in [0.5, 0.6) is 5.88 Å². The molecule has 1 amide bonds. The first-order chi connectivity index (χ1) is 23.7. The zero-order chi connectivity index (χ0) is 37.9. The quantitative estimate of drug-likeness (QED) is 0.0790. The van der Waals surface area contributed by atoms with Crippen molar-refractivity contribution in [2.45, 2.75) is 30.2 Å². The molecule has 0 aliphatic rings. The van der Waals surface area contributed by atoms with Crippen LogP contribution in [-0.4, -0.2) is 77.3 Å². The van der Waals surface area contributed by atoms with Crippen molar-refractivity contribution >= 4 is 82.5 Å². The lowest BCUT2D eigenvalue weighted by Gasteiger charge is -2.13. The SMILES string of the molecule is CCn1c(O)c(C(N)=O)c(C)c(N=Nc2cc(Nc3nc(Cl)nc(Nc4cccc(S(=O)(=O)CCOS(=O)(=O)O)c4)n3)ccc2S(=O)(=O)O)c1=O. The molecule has 25 heteroatoms. The van der Waals surface area contributed by atoms with Crippen molar-refractivity contribution in [3.63, 3.8) is 0 Å². The van der Waals surface area contributed by atoms with Gasteiger partial charge >= 0.3 is 10.4 Å². The molecule has 0 saturated carbocycles. The second-order valence-corrected chi connectivity index (χ2v) is 15.0. The molecule has 0 spiro atoms. The molecule has 51 heavy (non-hydrogen) atoms. The number of amides is 1. The highest BCUT2D eigenvalue weighted by atomic mass is 35.5. The second kappa shape index (κ2) is 15.0. The number of hydrogen-bond acceptors (Lipinski definition) is 17. The maximum Gasteiger partial charge on any atom is 0.397 e. The number of sulfone groups is 1. The summed E-state index contributed by atoms with van der Waals surface area (Å²) in [4.78, 5) is 36.0. The zero-order valence-corrected chi connectivity index (χ0v) is 29.2. The molecule has 7 N–H and O–H groups in total. The second-order valence-electron chi connectivity index (χ2n) is 10.0. The van der Waals surface area contributed by atoms with E-state index in [4.69, 9.17) is 21.9 Å². The number of pyridine rings is 1. The summed E-state index contributed by atoms with van der Waals surface area (Å²) in [6.45, 7) is 1.84. The Balaban J connectivity index is 1.66. The summed E-state index contributed by atoms with van der Waals surface area (Å²) >= 11 is 6.06. The molecule has 4 aromatic rings. The number of benzene rings is 2. The van der Waals surface area contributed by atoms with Crippen molar-refractivity contribution in [1.82, 2.24) is 19.5 Å². The summed E-state index contributed by atoms with van der Waals surface area (Å²) in [6, 6.07) is 8.43. The molecule has 0 aliphatic heterocycles. The summed E-state index contributed by atoms with van der Waals surface area (Å²) in [7, 11) is -13.8. The smallest absolute Gasteiger partial charge is 0.397 e. The third-order valence-electron chi connectivity index (χ3n) is 6.61. The minimum Gasteiger partial charge on any atom is -0.494 e. The van der Waals surface area contributed by atoms with Gasteiger partial charge in [0.2, 0.25) is 23.1 Å². The van der Waals surface area contributed by atoms with E-state index in [0.29, 0.717) is 0 Å². The van der Waals surface area contributed by atoms with Gasteiger partial charge in [-0.2, -0.15) is 31.8 Å². The Labute approximate surface area is 293 Å². The van der Waals surface area contributed by atoms with Gasteiger partial charge in [0, 0.05) is 23.5 Å². The predicted octanol–water partition coefficient (Wildman–Crippen LogP) is 2.56. The Morgan fingerprint density at radius 1 is 0.980 bits per heavy atom. The number of anilines is 4. The maximum absolute atomic E-state index is 13.0. The third kappa shape index (κ3) is 9.57. The average molecular weight is 788 g/mol. The van der Waals surface area contributed by atoms with Crippen molar-refractivity contribution in [3.8, 4) is 5.88 Å². The van der Waals surface area contributed by atoms with Crippen LogP contribution in [0, 0.1) is 6.92 Å². The first kappa shape index (κ1) is 38.7. The van der Waals surface area contributed by atoms with Crippen LogP contribution in [0.1, 0.15) is 22.8 Å². The number of aromatic nitrogens is 4. The van der Waals surface area contributed by atoms with E-state index in [2.05, 4.69) is 40.0 Å². The Kier molecular flexibility index (Phi) is 11.4. The molecule has 0 atom stereocenters. The molecular weight excluding hydrogens is 762 g/mol. The fraction of sp³-hybridized carbons (Fsp3) is 0.192. The van der Waals surface area contributed by atoms with E-state index in [1.54, 1.807) is 0 Å². The topological polar surface area (TPSA) is 325 Å². The third-order valence-corrected chi connectivity index (χ3v) is 9.82. The number of aromatic hydroxyl groups is 1. The molecule has 2 aromatic heterocycles.